The smallest absolute Gasteiger partial charge is 0.410 e. The monoisotopic (exact) mass is 868 g/mol. The summed E-state index contributed by atoms with van der Waals surface area (Å²) < 4.78 is 28.0. The van der Waals surface area contributed by atoms with Gasteiger partial charge in [0.2, 0.25) is 11.3 Å². The van der Waals surface area contributed by atoms with Crippen molar-refractivity contribution in [3.63, 3.8) is 0 Å². The number of nitrogens with two attached hydrogens (primary N) is 1. The molecule has 63 heavy (non-hydrogen) atoms. The van der Waals surface area contributed by atoms with Crippen LogP contribution in [-0.4, -0.2) is 87.2 Å². The molecular weight excluding hydrogens is 816 g/mol. The zero-order valence-electron chi connectivity index (χ0n) is 35.5. The number of aryl methyl sites for hydroxylation is 1. The van der Waals surface area contributed by atoms with Crippen LogP contribution in [0, 0.1) is 5.82 Å². The number of primary amides is 1. The number of hydrazine groups is 2. The molecule has 3 aromatic carbocycles. The van der Waals surface area contributed by atoms with Crippen LogP contribution in [0.2, 0.25) is 0 Å². The largest absolute Gasteiger partial charge is 0.477 e. The van der Waals surface area contributed by atoms with Gasteiger partial charge in [-0.05, 0) is 62.4 Å². The van der Waals surface area contributed by atoms with Gasteiger partial charge in [-0.25, -0.2) is 18.8 Å². The van der Waals surface area contributed by atoms with Gasteiger partial charge in [0.1, 0.15) is 30.6 Å². The second kappa shape index (κ2) is 20.3. The molecule has 18 heteroatoms. The van der Waals surface area contributed by atoms with E-state index in [1.165, 1.54) is 11.1 Å². The van der Waals surface area contributed by atoms with Gasteiger partial charge in [-0.1, -0.05) is 61.0 Å². The van der Waals surface area contributed by atoms with Gasteiger partial charge in [0.05, 0.1) is 22.4 Å². The summed E-state index contributed by atoms with van der Waals surface area (Å²) in [6.45, 7) is 6.98. The molecule has 3 amide bonds. The van der Waals surface area contributed by atoms with Crippen molar-refractivity contribution in [2.75, 3.05) is 31.1 Å². The van der Waals surface area contributed by atoms with E-state index in [1.807, 2.05) is 30.3 Å². The van der Waals surface area contributed by atoms with E-state index in [0.717, 1.165) is 17.2 Å². The fourth-order valence-electron chi connectivity index (χ4n) is 7.48. The van der Waals surface area contributed by atoms with Gasteiger partial charge in [-0.3, -0.25) is 19.4 Å². The van der Waals surface area contributed by atoms with E-state index in [0.29, 0.717) is 55.7 Å². The number of Topliss-reactive ketones (excluding diaryl/α,β-unsaturated/α-hetero) is 1. The quantitative estimate of drug-likeness (QED) is 0.0858. The fraction of sp³-hybridized carbons (Fsp3) is 0.378. The van der Waals surface area contributed by atoms with Crippen LogP contribution >= 0.6 is 0 Å². The Morgan fingerprint density at radius 3 is 2.25 bits per heavy atom. The molecule has 2 aliphatic heterocycles. The van der Waals surface area contributed by atoms with E-state index in [1.54, 1.807) is 71.8 Å². The molecule has 2 aliphatic rings. The van der Waals surface area contributed by atoms with Gasteiger partial charge in [-0.2, -0.15) is 0 Å². The Bertz CT molecular complexity index is 2420. The number of nitrogens with zero attached hydrogens (tertiary/aromatic N) is 4. The van der Waals surface area contributed by atoms with Crippen molar-refractivity contribution in [3.8, 4) is 0 Å². The number of pyridine rings is 1. The maximum Gasteiger partial charge on any atom is 0.410 e. The Morgan fingerprint density at radius 1 is 0.921 bits per heavy atom. The van der Waals surface area contributed by atoms with Crippen LogP contribution in [0.5, 0.6) is 0 Å². The fourth-order valence-corrected chi connectivity index (χ4v) is 7.48. The van der Waals surface area contributed by atoms with Crippen molar-refractivity contribution in [1.29, 1.82) is 0 Å². The van der Waals surface area contributed by atoms with E-state index < -0.39 is 52.5 Å². The first kappa shape index (κ1) is 45.6. The summed E-state index contributed by atoms with van der Waals surface area (Å²) in [5.74, 6) is -2.55. The normalized spacial score (nSPS) is 14.5. The summed E-state index contributed by atoms with van der Waals surface area (Å²) in [7, 11) is 0. The number of alkyl carbamates (subject to hydrolysis) is 1. The highest BCUT2D eigenvalue weighted by molar-refractivity contribution is 5.93. The Labute approximate surface area is 363 Å². The van der Waals surface area contributed by atoms with Gasteiger partial charge in [0, 0.05) is 63.3 Å². The van der Waals surface area contributed by atoms with E-state index in [4.69, 9.17) is 15.2 Å². The highest BCUT2D eigenvalue weighted by atomic mass is 19.1. The molecule has 0 bridgehead atoms. The number of piperazine rings is 1. The molecule has 1 saturated heterocycles. The average molecular weight is 869 g/mol. The number of nitrogens with one attached hydrogen (secondary N) is 3. The Kier molecular flexibility index (Phi) is 14.7. The lowest BCUT2D eigenvalue weighted by Gasteiger charge is -2.35. The van der Waals surface area contributed by atoms with E-state index in [2.05, 4.69) is 16.3 Å². The predicted octanol–water partition coefficient (Wildman–Crippen LogP) is 4.71. The number of ketones is 1. The number of carboxylic acids is 1. The summed E-state index contributed by atoms with van der Waals surface area (Å²) in [6, 6.07) is 18.5. The third kappa shape index (κ3) is 11.5. The molecule has 4 aromatic rings. The standard InChI is InChI=1S/C45H53FN8O9/c1-4-51-25-33(42(58)59)41(57)32-23-34(46)37(24-36(32)51)52-18-20-53(21-19-52)44(61)63-28-31-16-14-29(15-17-31)22-38(55)35(12-8-9-13-40(47)56)54-26-39(49-50-54)45(2,3)48-43(60)62-27-30-10-6-5-7-11-30/h5-7,10-11,14-17,23-26,35,49-50H,4,8-9,12-13,18-22,27-28H2,1-3H3,(H2,47,56)(H,48,60)(H,58,59)/t35-/m0/s1. The number of aromatic nitrogens is 1. The van der Waals surface area contributed by atoms with Crippen molar-refractivity contribution < 1.29 is 42.9 Å². The van der Waals surface area contributed by atoms with Gasteiger partial charge in [0.25, 0.3) is 0 Å². The van der Waals surface area contributed by atoms with Gasteiger partial charge >= 0.3 is 18.2 Å². The Morgan fingerprint density at radius 2 is 1.59 bits per heavy atom. The van der Waals surface area contributed by atoms with Crippen molar-refractivity contribution in [1.82, 2.24) is 30.8 Å². The SMILES string of the molecule is CCn1cc(C(=O)O)c(=O)c2cc(F)c(N3CCN(C(=O)OCc4ccc(CC(=O)[C@H](CCCCC(N)=O)N5C=C(C(C)(C)NC(=O)OCc6ccccc6)NN5)cc4)CC3)cc21. The molecule has 17 nitrogen and oxygen atoms in total. The van der Waals surface area contributed by atoms with Gasteiger partial charge < -0.3 is 45.4 Å². The molecule has 0 unspecified atom stereocenters. The summed E-state index contributed by atoms with van der Waals surface area (Å²) in [4.78, 5) is 78.7. The molecular formula is C45H53FN8O9. The minimum absolute atomic E-state index is 0.0114. The number of fused-ring (bicyclic) bond motifs is 1. The van der Waals surface area contributed by atoms with Crippen molar-refractivity contribution in [2.45, 2.75) is 84.2 Å². The maximum atomic E-state index is 15.4. The number of hydrogen-bond acceptors (Lipinski definition) is 12. The van der Waals surface area contributed by atoms with Crippen LogP contribution in [0.3, 0.4) is 0 Å². The van der Waals surface area contributed by atoms with Crippen LogP contribution in [0.4, 0.5) is 19.7 Å². The zero-order valence-corrected chi connectivity index (χ0v) is 35.5. The lowest BCUT2D eigenvalue weighted by molar-refractivity contribution is -0.124. The molecule has 6 N–H and O–H groups in total. The number of ether oxygens (including phenoxy) is 2. The molecule has 0 aliphatic carbocycles. The second-order valence-corrected chi connectivity index (χ2v) is 16.0. The number of halogens is 1. The molecule has 0 saturated carbocycles. The van der Waals surface area contributed by atoms with Crippen LogP contribution < -0.4 is 32.3 Å². The third-order valence-electron chi connectivity index (χ3n) is 11.1. The number of carbonyl (C=O) groups excluding carboxylic acids is 4. The first-order chi connectivity index (χ1) is 30.1. The summed E-state index contributed by atoms with van der Waals surface area (Å²) >= 11 is 0. The first-order valence-corrected chi connectivity index (χ1v) is 20.8. The number of carbonyl (C=O) groups is 5. The van der Waals surface area contributed by atoms with Crippen LogP contribution in [0.25, 0.3) is 10.9 Å². The highest BCUT2D eigenvalue weighted by Gasteiger charge is 2.34. The van der Waals surface area contributed by atoms with E-state index in [-0.39, 0.29) is 56.0 Å². The number of carboxylic acid groups (broad SMARTS) is 1. The Hall–Kier alpha value is -6.95. The number of aromatic carboxylic acids is 1. The molecule has 1 aromatic heterocycles. The number of benzene rings is 3. The molecule has 0 radical (unpaired) electrons. The second-order valence-electron chi connectivity index (χ2n) is 16.0. The van der Waals surface area contributed by atoms with E-state index >= 15 is 4.39 Å². The minimum Gasteiger partial charge on any atom is -0.477 e. The Balaban J connectivity index is 1.02. The summed E-state index contributed by atoms with van der Waals surface area (Å²) in [5.41, 5.74) is 12.9. The summed E-state index contributed by atoms with van der Waals surface area (Å²) in [6.07, 6.45) is 3.66. The van der Waals surface area contributed by atoms with Crippen molar-refractivity contribution in [2.24, 2.45) is 5.73 Å². The first-order valence-electron chi connectivity index (χ1n) is 20.8. The molecule has 1 atom stereocenters. The average Bonchev–Trinajstić information content (AvgIpc) is 3.77. The number of hydrogen-bond donors (Lipinski definition) is 5. The third-order valence-corrected chi connectivity index (χ3v) is 11.1. The minimum atomic E-state index is -1.38. The molecule has 334 valence electrons. The lowest BCUT2D eigenvalue weighted by Crippen LogP contribution is -2.51. The molecule has 1 fully saturated rings. The van der Waals surface area contributed by atoms with Crippen LogP contribution in [0.1, 0.15) is 73.5 Å². The van der Waals surface area contributed by atoms with Crippen molar-refractivity contribution in [3.05, 3.63) is 123 Å². The van der Waals surface area contributed by atoms with Gasteiger partial charge in [-0.15, -0.1) is 5.53 Å². The number of rotatable bonds is 18. The highest BCUT2D eigenvalue weighted by Crippen LogP contribution is 2.27. The molecule has 6 rings (SSSR count). The van der Waals surface area contributed by atoms with Crippen LogP contribution in [-0.2, 0) is 45.2 Å². The predicted molar refractivity (Wildman–Crippen MR) is 231 cm³/mol. The van der Waals surface area contributed by atoms with Crippen molar-refractivity contribution >= 4 is 46.4 Å². The van der Waals surface area contributed by atoms with E-state index in [9.17, 15) is 33.9 Å². The maximum absolute atomic E-state index is 15.4. The zero-order chi connectivity index (χ0) is 45.3. The number of anilines is 1. The molecule has 3 heterocycles. The topological polar surface area (TPSA) is 218 Å². The molecule has 0 spiro atoms. The van der Waals surface area contributed by atoms with Gasteiger partial charge in [0.15, 0.2) is 5.78 Å². The number of amides is 3. The number of unbranched alkanes of at least 4 members (excludes halogenated alkanes) is 1. The summed E-state index contributed by atoms with van der Waals surface area (Å²) in [5, 5.41) is 14.0. The van der Waals surface area contributed by atoms with Crippen LogP contribution in [0.15, 0.2) is 89.6 Å². The lowest BCUT2D eigenvalue weighted by atomic mass is 9.97.